The number of amides is 1. The molecule has 0 bridgehead atoms. The molecule has 2 aromatic heterocycles. The summed E-state index contributed by atoms with van der Waals surface area (Å²) in [5.74, 6) is -0.497. The number of aryl methyl sites for hydroxylation is 1. The summed E-state index contributed by atoms with van der Waals surface area (Å²) in [6.45, 7) is 4.10. The number of benzene rings is 1. The lowest BCUT2D eigenvalue weighted by molar-refractivity contribution is 0.0937. The van der Waals surface area contributed by atoms with Crippen molar-refractivity contribution in [1.29, 1.82) is 0 Å². The Morgan fingerprint density at radius 1 is 1.33 bits per heavy atom. The topological polar surface area (TPSA) is 86.5 Å². The van der Waals surface area contributed by atoms with Gasteiger partial charge in [-0.25, -0.2) is 9.37 Å². The maximum atomic E-state index is 14.8. The van der Waals surface area contributed by atoms with Gasteiger partial charge in [-0.15, -0.1) is 0 Å². The fourth-order valence-corrected chi connectivity index (χ4v) is 3.20. The molecular weight excluding hydrogens is 413 g/mol. The average molecular weight is 434 g/mol. The van der Waals surface area contributed by atoms with Crippen LogP contribution < -0.4 is 14.8 Å². The van der Waals surface area contributed by atoms with Gasteiger partial charge in [-0.2, -0.15) is 0 Å². The fourth-order valence-electron chi connectivity index (χ4n) is 2.89. The molecule has 1 atom stereocenters. The molecule has 0 fully saturated rings. The molecule has 3 aromatic rings. The molecule has 1 aromatic carbocycles. The number of carbonyl (C=O) groups is 1. The van der Waals surface area contributed by atoms with E-state index in [2.05, 4.69) is 15.5 Å². The molecule has 1 unspecified atom stereocenters. The van der Waals surface area contributed by atoms with Gasteiger partial charge in [0, 0.05) is 29.5 Å². The predicted octanol–water partition coefficient (Wildman–Crippen LogP) is 4.49. The molecule has 3 rings (SSSR count). The van der Waals surface area contributed by atoms with Gasteiger partial charge in [0.2, 0.25) is 0 Å². The Kier molecular flexibility index (Phi) is 6.89. The normalized spacial score (nSPS) is 11.8. The quantitative estimate of drug-likeness (QED) is 0.527. The average Bonchev–Trinajstić information content (AvgIpc) is 3.24. The summed E-state index contributed by atoms with van der Waals surface area (Å²) in [4.78, 5) is 17.3. The number of methoxy groups -OCH3 is 1. The minimum atomic E-state index is -0.932. The number of hydrogen-bond donors (Lipinski definition) is 1. The lowest BCUT2D eigenvalue weighted by atomic mass is 10.0. The predicted molar refractivity (Wildman–Crippen MR) is 109 cm³/mol. The summed E-state index contributed by atoms with van der Waals surface area (Å²) in [6.07, 6.45) is 2.09. The van der Waals surface area contributed by atoms with Crippen LogP contribution in [0.3, 0.4) is 0 Å². The second-order valence-corrected chi connectivity index (χ2v) is 6.85. The van der Waals surface area contributed by atoms with Crippen molar-refractivity contribution in [2.45, 2.75) is 26.3 Å². The molecule has 0 aliphatic heterocycles. The Hall–Kier alpha value is -3.13. The number of ether oxygens (including phenoxy) is 2. The zero-order valence-corrected chi connectivity index (χ0v) is 17.5. The molecule has 0 aliphatic rings. The van der Waals surface area contributed by atoms with Crippen molar-refractivity contribution in [3.63, 3.8) is 0 Å². The third kappa shape index (κ3) is 4.71. The van der Waals surface area contributed by atoms with Gasteiger partial charge in [0.05, 0.1) is 13.7 Å². The van der Waals surface area contributed by atoms with E-state index in [1.54, 1.807) is 19.1 Å². The highest BCUT2D eigenvalue weighted by Crippen LogP contribution is 2.30. The molecule has 1 amide bonds. The molecule has 7 nitrogen and oxygen atoms in total. The number of nitrogens with one attached hydrogen (secondary N) is 1. The lowest BCUT2D eigenvalue weighted by Gasteiger charge is -2.20. The van der Waals surface area contributed by atoms with Gasteiger partial charge in [-0.1, -0.05) is 23.7 Å². The van der Waals surface area contributed by atoms with E-state index in [4.69, 9.17) is 25.6 Å². The van der Waals surface area contributed by atoms with Crippen LogP contribution in [0.1, 0.15) is 46.7 Å². The first-order chi connectivity index (χ1) is 14.4. The molecule has 30 heavy (non-hydrogen) atoms. The van der Waals surface area contributed by atoms with Crippen LogP contribution in [0.2, 0.25) is 5.15 Å². The Labute approximate surface area is 178 Å². The van der Waals surface area contributed by atoms with Gasteiger partial charge < -0.3 is 19.3 Å². The molecule has 1 N–H and O–H groups in total. The highest BCUT2D eigenvalue weighted by molar-refractivity contribution is 6.33. The van der Waals surface area contributed by atoms with Crippen molar-refractivity contribution in [2.24, 2.45) is 0 Å². The van der Waals surface area contributed by atoms with Crippen molar-refractivity contribution < 1.29 is 23.2 Å². The van der Waals surface area contributed by atoms with E-state index in [1.165, 1.54) is 31.6 Å². The molecule has 0 saturated heterocycles. The summed E-state index contributed by atoms with van der Waals surface area (Å²) < 4.78 is 30.4. The van der Waals surface area contributed by atoms with Gasteiger partial charge >= 0.3 is 0 Å². The number of rotatable bonds is 8. The van der Waals surface area contributed by atoms with Crippen molar-refractivity contribution in [2.75, 3.05) is 13.7 Å². The van der Waals surface area contributed by atoms with Gasteiger partial charge in [0.25, 0.3) is 5.91 Å². The molecule has 0 saturated carbocycles. The summed E-state index contributed by atoms with van der Waals surface area (Å²) >= 11 is 6.26. The molecule has 0 aliphatic carbocycles. The number of aromatic nitrogens is 2. The molecule has 0 spiro atoms. The number of carbonyl (C=O) groups excluding carboxylic acids is 1. The maximum absolute atomic E-state index is 14.8. The molecule has 9 heteroatoms. The van der Waals surface area contributed by atoms with Crippen LogP contribution in [-0.4, -0.2) is 29.8 Å². The van der Waals surface area contributed by atoms with Crippen molar-refractivity contribution >= 4 is 17.5 Å². The number of halogens is 2. The summed E-state index contributed by atoms with van der Waals surface area (Å²) in [5.41, 5.74) is 1.18. The summed E-state index contributed by atoms with van der Waals surface area (Å²) in [7, 11) is 1.44. The van der Waals surface area contributed by atoms with Crippen LogP contribution in [0.15, 0.2) is 41.1 Å². The monoisotopic (exact) mass is 433 g/mol. The van der Waals surface area contributed by atoms with Crippen LogP contribution in [0, 0.1) is 12.7 Å². The van der Waals surface area contributed by atoms with Crippen LogP contribution in [-0.2, 0) is 0 Å². The standard InChI is InChI=1S/C21H21ClFN3O4/c1-4-8-29-17-10-12(2)24-20(22)18(17)21(27)25-19(16-7-9-30-26-16)14-6-5-13(28-3)11-15(14)23/h5-7,9-11,19H,4,8H2,1-3H3,(H,25,27). The second kappa shape index (κ2) is 9.58. The summed E-state index contributed by atoms with van der Waals surface area (Å²) in [5, 5.41) is 6.62. The summed E-state index contributed by atoms with van der Waals surface area (Å²) in [6, 6.07) is 6.57. The van der Waals surface area contributed by atoms with Crippen molar-refractivity contribution in [3.8, 4) is 11.5 Å². The van der Waals surface area contributed by atoms with E-state index in [1.807, 2.05) is 6.92 Å². The first kappa shape index (κ1) is 21.6. The highest BCUT2D eigenvalue weighted by Gasteiger charge is 2.27. The molecule has 2 heterocycles. The van der Waals surface area contributed by atoms with Crippen LogP contribution in [0.5, 0.6) is 11.5 Å². The van der Waals surface area contributed by atoms with Crippen molar-refractivity contribution in [3.05, 3.63) is 70.1 Å². The molecule has 0 radical (unpaired) electrons. The van der Waals surface area contributed by atoms with E-state index in [0.29, 0.717) is 29.5 Å². The highest BCUT2D eigenvalue weighted by atomic mass is 35.5. The maximum Gasteiger partial charge on any atom is 0.259 e. The SMILES string of the molecule is CCCOc1cc(C)nc(Cl)c1C(=O)NC(c1ccon1)c1ccc(OC)cc1F. The number of nitrogens with zero attached hydrogens (tertiary/aromatic N) is 2. The Balaban J connectivity index is 1.99. The first-order valence-electron chi connectivity index (χ1n) is 9.29. The smallest absolute Gasteiger partial charge is 0.259 e. The minimum absolute atomic E-state index is 0.00675. The fraction of sp³-hybridized carbons (Fsp3) is 0.286. The van der Waals surface area contributed by atoms with Crippen LogP contribution in [0.25, 0.3) is 0 Å². The molecule has 158 valence electrons. The van der Waals surface area contributed by atoms with Gasteiger partial charge in [0.15, 0.2) is 0 Å². The zero-order valence-electron chi connectivity index (χ0n) is 16.7. The third-order valence-electron chi connectivity index (χ3n) is 4.30. The van der Waals surface area contributed by atoms with Gasteiger partial charge in [-0.3, -0.25) is 4.79 Å². The molecular formula is C21H21ClFN3O4. The van der Waals surface area contributed by atoms with E-state index < -0.39 is 17.8 Å². The van der Waals surface area contributed by atoms with Gasteiger partial charge in [-0.05, 0) is 25.5 Å². The van der Waals surface area contributed by atoms with Crippen LogP contribution >= 0.6 is 11.6 Å². The largest absolute Gasteiger partial charge is 0.497 e. The Morgan fingerprint density at radius 3 is 2.77 bits per heavy atom. The number of pyridine rings is 1. The minimum Gasteiger partial charge on any atom is -0.497 e. The Morgan fingerprint density at radius 2 is 2.13 bits per heavy atom. The Bertz CT molecular complexity index is 1030. The van der Waals surface area contributed by atoms with E-state index in [9.17, 15) is 9.18 Å². The van der Waals surface area contributed by atoms with E-state index >= 15 is 0 Å². The van der Waals surface area contributed by atoms with E-state index in [-0.39, 0.29) is 16.3 Å². The number of hydrogen-bond acceptors (Lipinski definition) is 6. The lowest BCUT2D eigenvalue weighted by Crippen LogP contribution is -2.31. The van der Waals surface area contributed by atoms with Crippen LogP contribution in [0.4, 0.5) is 4.39 Å². The van der Waals surface area contributed by atoms with E-state index in [0.717, 1.165) is 6.42 Å². The van der Waals surface area contributed by atoms with Gasteiger partial charge in [0.1, 0.15) is 46.0 Å². The third-order valence-corrected chi connectivity index (χ3v) is 4.58. The zero-order chi connectivity index (χ0) is 21.7. The first-order valence-corrected chi connectivity index (χ1v) is 9.66. The second-order valence-electron chi connectivity index (χ2n) is 6.49. The van der Waals surface area contributed by atoms with Crippen molar-refractivity contribution in [1.82, 2.24) is 15.5 Å².